The maximum Gasteiger partial charge on any atom is 0.271 e. The molecule has 1 atom stereocenters. The monoisotopic (exact) mass is 581 g/mol. The van der Waals surface area contributed by atoms with Gasteiger partial charge in [-0.15, -0.1) is 0 Å². The minimum atomic E-state index is -4.39. The minimum absolute atomic E-state index is 0.0821. The zero-order valence-corrected chi connectivity index (χ0v) is 24.5. The van der Waals surface area contributed by atoms with Crippen LogP contribution in [0.5, 0.6) is 11.6 Å². The van der Waals surface area contributed by atoms with Gasteiger partial charge in [-0.05, 0) is 95.6 Å². The average molecular weight is 582 g/mol. The lowest BCUT2D eigenvalue weighted by Gasteiger charge is -2.31. The fourth-order valence-corrected chi connectivity index (χ4v) is 7.35. The number of hydrogen-bond donors (Lipinski definition) is 0. The number of carbonyl (C=O) groups excluding carboxylic acids is 1. The number of anilines is 1. The first-order chi connectivity index (χ1) is 19.7. The summed E-state index contributed by atoms with van der Waals surface area (Å²) in [5.74, 6) is -0.622. The Morgan fingerprint density at radius 1 is 1.00 bits per heavy atom. The predicted octanol–water partition coefficient (Wildman–Crippen LogP) is 5.30. The van der Waals surface area contributed by atoms with Crippen LogP contribution < -0.4 is 13.8 Å². The second-order valence-electron chi connectivity index (χ2n) is 10.8. The van der Waals surface area contributed by atoms with Crippen LogP contribution in [0.1, 0.15) is 57.2 Å². The highest BCUT2D eigenvalue weighted by molar-refractivity contribution is 7.93. The Morgan fingerprint density at radius 2 is 1.71 bits per heavy atom. The summed E-state index contributed by atoms with van der Waals surface area (Å²) in [6.45, 7) is 6.41. The van der Waals surface area contributed by atoms with Crippen LogP contribution in [0.25, 0.3) is 0 Å². The van der Waals surface area contributed by atoms with Crippen LogP contribution in [0, 0.1) is 5.82 Å². The second-order valence-corrected chi connectivity index (χ2v) is 12.6. The van der Waals surface area contributed by atoms with Crippen molar-refractivity contribution in [2.24, 2.45) is 0 Å². The summed E-state index contributed by atoms with van der Waals surface area (Å²) in [7, 11) is -2.94. The van der Waals surface area contributed by atoms with E-state index in [9.17, 15) is 13.2 Å². The van der Waals surface area contributed by atoms with E-state index in [2.05, 4.69) is 9.88 Å². The number of aromatic nitrogens is 1. The van der Waals surface area contributed by atoms with E-state index in [0.717, 1.165) is 30.2 Å². The third-order valence-electron chi connectivity index (χ3n) is 7.77. The van der Waals surface area contributed by atoms with Crippen LogP contribution >= 0.6 is 0 Å². The van der Waals surface area contributed by atoms with Gasteiger partial charge in [-0.3, -0.25) is 4.79 Å². The number of fused-ring (bicyclic) bond motifs is 1. The molecule has 8 nitrogen and oxygen atoms in total. The molecule has 0 saturated carbocycles. The summed E-state index contributed by atoms with van der Waals surface area (Å²) >= 11 is 0. The fourth-order valence-electron chi connectivity index (χ4n) is 5.88. The number of pyridine rings is 1. The zero-order chi connectivity index (χ0) is 29.2. The van der Waals surface area contributed by atoms with Crippen molar-refractivity contribution in [2.75, 3.05) is 31.0 Å². The summed E-state index contributed by atoms with van der Waals surface area (Å²) in [4.78, 5) is 21.5. The van der Waals surface area contributed by atoms with Gasteiger partial charge in [0.25, 0.3) is 15.9 Å². The van der Waals surface area contributed by atoms with E-state index in [1.165, 1.54) is 43.9 Å². The molecule has 1 saturated heterocycles. The van der Waals surface area contributed by atoms with Crippen LogP contribution in [0.2, 0.25) is 0 Å². The Balaban J connectivity index is 1.62. The van der Waals surface area contributed by atoms with E-state index < -0.39 is 27.2 Å². The molecule has 1 fully saturated rings. The standard InChI is InChI=1S/C31H36FN3O5S/c1-22(2)40-23-12-14-24(15-13-23)41(37,38)35-27-16-17-28(39-3)33-29(27)31(30(35)36,25-10-5-6-11-26(25)32)18-9-21-34-19-7-4-8-20-34/h5-6,10-17,22H,4,7-9,18-21H2,1-3H3. The maximum atomic E-state index is 15.6. The highest BCUT2D eigenvalue weighted by atomic mass is 32.2. The smallest absolute Gasteiger partial charge is 0.271 e. The molecule has 0 N–H and O–H groups in total. The molecule has 1 aromatic heterocycles. The molecule has 2 aromatic carbocycles. The average Bonchev–Trinajstić information content (AvgIpc) is 3.21. The van der Waals surface area contributed by atoms with Gasteiger partial charge in [0.1, 0.15) is 17.0 Å². The van der Waals surface area contributed by atoms with Gasteiger partial charge in [-0.25, -0.2) is 17.8 Å². The molecule has 0 aliphatic carbocycles. The number of hydrogen-bond acceptors (Lipinski definition) is 7. The summed E-state index contributed by atoms with van der Waals surface area (Å²) in [5.41, 5.74) is -1.28. The molecule has 218 valence electrons. The van der Waals surface area contributed by atoms with Gasteiger partial charge in [0, 0.05) is 11.6 Å². The summed E-state index contributed by atoms with van der Waals surface area (Å²) in [6, 6.07) is 15.0. The second kappa shape index (κ2) is 11.8. The lowest BCUT2D eigenvalue weighted by atomic mass is 9.74. The van der Waals surface area contributed by atoms with Crippen LogP contribution in [-0.2, 0) is 20.2 Å². The Kier molecular flexibility index (Phi) is 8.33. The summed E-state index contributed by atoms with van der Waals surface area (Å²) in [6.07, 6.45) is 4.08. The van der Waals surface area contributed by atoms with Crippen molar-refractivity contribution in [1.29, 1.82) is 0 Å². The number of carbonyl (C=O) groups is 1. The van der Waals surface area contributed by atoms with Crippen LogP contribution in [0.4, 0.5) is 10.1 Å². The third kappa shape index (κ3) is 5.42. The van der Waals surface area contributed by atoms with Crippen molar-refractivity contribution in [2.45, 2.75) is 62.4 Å². The van der Waals surface area contributed by atoms with Gasteiger partial charge in [0.2, 0.25) is 5.88 Å². The molecule has 0 radical (unpaired) electrons. The third-order valence-corrected chi connectivity index (χ3v) is 9.48. The van der Waals surface area contributed by atoms with Gasteiger partial charge in [0.05, 0.1) is 29.5 Å². The summed E-state index contributed by atoms with van der Waals surface area (Å²) < 4.78 is 55.7. The Hall–Kier alpha value is -3.50. The highest BCUT2D eigenvalue weighted by Crippen LogP contribution is 2.51. The maximum absolute atomic E-state index is 15.6. The molecular weight excluding hydrogens is 545 g/mol. The van der Waals surface area contributed by atoms with E-state index in [1.807, 2.05) is 13.8 Å². The molecule has 1 unspecified atom stereocenters. The van der Waals surface area contributed by atoms with Crippen molar-refractivity contribution in [1.82, 2.24) is 9.88 Å². The lowest BCUT2D eigenvalue weighted by Crippen LogP contribution is -2.45. The highest BCUT2D eigenvalue weighted by Gasteiger charge is 2.58. The molecule has 2 aliphatic heterocycles. The predicted molar refractivity (Wildman–Crippen MR) is 154 cm³/mol. The van der Waals surface area contributed by atoms with Gasteiger partial charge in [-0.2, -0.15) is 4.31 Å². The molecule has 41 heavy (non-hydrogen) atoms. The van der Waals surface area contributed by atoms with E-state index in [4.69, 9.17) is 9.47 Å². The number of sulfonamides is 1. The molecular formula is C31H36FN3O5S. The summed E-state index contributed by atoms with van der Waals surface area (Å²) in [5, 5.41) is 0. The molecule has 5 rings (SSSR count). The molecule has 0 spiro atoms. The first kappa shape index (κ1) is 29.0. The van der Waals surface area contributed by atoms with E-state index in [1.54, 1.807) is 30.3 Å². The van der Waals surface area contributed by atoms with Gasteiger partial charge in [0.15, 0.2) is 0 Å². The Bertz CT molecular complexity index is 1510. The van der Waals surface area contributed by atoms with Crippen molar-refractivity contribution in [3.05, 3.63) is 77.7 Å². The van der Waals surface area contributed by atoms with Crippen molar-refractivity contribution >= 4 is 21.6 Å². The van der Waals surface area contributed by atoms with Crippen LogP contribution in [0.15, 0.2) is 65.6 Å². The van der Waals surface area contributed by atoms with Crippen molar-refractivity contribution in [3.63, 3.8) is 0 Å². The lowest BCUT2D eigenvalue weighted by molar-refractivity contribution is -0.121. The number of piperidine rings is 1. The first-order valence-corrected chi connectivity index (χ1v) is 15.5. The largest absolute Gasteiger partial charge is 0.491 e. The first-order valence-electron chi connectivity index (χ1n) is 14.1. The minimum Gasteiger partial charge on any atom is -0.491 e. The van der Waals surface area contributed by atoms with Gasteiger partial charge >= 0.3 is 0 Å². The number of ether oxygens (including phenoxy) is 2. The number of halogens is 1. The van der Waals surface area contributed by atoms with Crippen molar-refractivity contribution in [3.8, 4) is 11.6 Å². The van der Waals surface area contributed by atoms with Gasteiger partial charge < -0.3 is 14.4 Å². The number of benzene rings is 2. The Labute approximate surface area is 241 Å². The molecule has 3 aromatic rings. The number of nitrogens with zero attached hydrogens (tertiary/aromatic N) is 3. The SMILES string of the molecule is COc1ccc2c(n1)C(CCCN1CCCCC1)(c1ccccc1F)C(=O)N2S(=O)(=O)c1ccc(OC(C)C)cc1. The van der Waals surface area contributed by atoms with Crippen LogP contribution in [0.3, 0.4) is 0 Å². The molecule has 3 heterocycles. The number of likely N-dealkylation sites (tertiary alicyclic amines) is 1. The number of amides is 1. The zero-order valence-electron chi connectivity index (χ0n) is 23.7. The normalized spacial score (nSPS) is 19.4. The molecule has 2 aliphatic rings. The van der Waals surface area contributed by atoms with Crippen LogP contribution in [-0.4, -0.2) is 57.1 Å². The van der Waals surface area contributed by atoms with Gasteiger partial charge in [-0.1, -0.05) is 24.6 Å². The fraction of sp³-hybridized carbons (Fsp3) is 0.419. The molecule has 10 heteroatoms. The number of methoxy groups -OCH3 is 1. The van der Waals surface area contributed by atoms with E-state index in [-0.39, 0.29) is 40.2 Å². The number of rotatable bonds is 10. The van der Waals surface area contributed by atoms with E-state index in [0.29, 0.717) is 18.7 Å². The molecule has 0 bridgehead atoms. The molecule has 1 amide bonds. The quantitative estimate of drug-likeness (QED) is 0.321. The Morgan fingerprint density at radius 3 is 2.37 bits per heavy atom. The topological polar surface area (TPSA) is 89.0 Å². The van der Waals surface area contributed by atoms with Crippen molar-refractivity contribution < 1.29 is 27.1 Å². The van der Waals surface area contributed by atoms with E-state index >= 15 is 4.39 Å².